The highest BCUT2D eigenvalue weighted by molar-refractivity contribution is 5.95. The highest BCUT2D eigenvalue weighted by atomic mass is 15.2. The molecule has 0 N–H and O–H groups in total. The highest BCUT2D eigenvalue weighted by Gasteiger charge is 2.32. The van der Waals surface area contributed by atoms with Crippen LogP contribution in [0.3, 0.4) is 0 Å². The first-order chi connectivity index (χ1) is 5.29. The second-order valence-corrected chi connectivity index (χ2v) is 3.45. The van der Waals surface area contributed by atoms with Crippen molar-refractivity contribution in [2.24, 2.45) is 4.99 Å². The Kier molecular flexibility index (Phi) is 1.55. The molecule has 0 aromatic heterocycles. The molecule has 0 saturated heterocycles. The van der Waals surface area contributed by atoms with Gasteiger partial charge in [0.15, 0.2) is 6.04 Å². The number of rotatable bonds is 0. The van der Waals surface area contributed by atoms with Crippen molar-refractivity contribution in [3.05, 3.63) is 0 Å². The van der Waals surface area contributed by atoms with Crippen LogP contribution in [-0.2, 0) is 0 Å². The molecule has 0 aromatic rings. The van der Waals surface area contributed by atoms with Crippen molar-refractivity contribution >= 4 is 11.5 Å². The van der Waals surface area contributed by atoms with E-state index in [9.17, 15) is 0 Å². The molecule has 2 nitrogen and oxygen atoms in total. The first-order valence-corrected chi connectivity index (χ1v) is 4.46. The predicted octanol–water partition coefficient (Wildman–Crippen LogP) is 1.44. The van der Waals surface area contributed by atoms with E-state index in [0.29, 0.717) is 6.04 Å². The zero-order chi connectivity index (χ0) is 7.84. The van der Waals surface area contributed by atoms with Crippen molar-refractivity contribution in [1.29, 1.82) is 0 Å². The van der Waals surface area contributed by atoms with Crippen LogP contribution in [0, 0.1) is 0 Å². The number of aliphatic imine (C=N–C) groups is 1. The minimum Gasteiger partial charge on any atom is -0.232 e. The van der Waals surface area contributed by atoms with E-state index in [-0.39, 0.29) is 0 Å². The first-order valence-electron chi connectivity index (χ1n) is 4.46. The van der Waals surface area contributed by atoms with Crippen LogP contribution in [0.5, 0.6) is 0 Å². The third-order valence-electron chi connectivity index (χ3n) is 2.66. The van der Waals surface area contributed by atoms with Gasteiger partial charge in [-0.15, -0.1) is 0 Å². The summed E-state index contributed by atoms with van der Waals surface area (Å²) < 4.78 is 2.40. The Morgan fingerprint density at radius 3 is 3.00 bits per heavy atom. The lowest BCUT2D eigenvalue weighted by Crippen LogP contribution is -2.29. The molecular weight excluding hydrogens is 136 g/mol. The van der Waals surface area contributed by atoms with Crippen molar-refractivity contribution in [3.8, 4) is 0 Å². The molecule has 2 heterocycles. The molecule has 1 unspecified atom stereocenters. The Labute approximate surface area is 67.6 Å². The second kappa shape index (κ2) is 2.43. The van der Waals surface area contributed by atoms with Gasteiger partial charge in [-0.1, -0.05) is 4.99 Å². The van der Waals surface area contributed by atoms with E-state index in [1.54, 1.807) is 5.71 Å². The van der Waals surface area contributed by atoms with Crippen molar-refractivity contribution in [2.45, 2.75) is 39.2 Å². The molecule has 0 radical (unpaired) electrons. The molecule has 2 heteroatoms. The van der Waals surface area contributed by atoms with Crippen LogP contribution < -0.4 is 0 Å². The maximum atomic E-state index is 4.54. The molecule has 2 rings (SSSR count). The Hall–Kier alpha value is -0.660. The molecule has 0 aromatic carbocycles. The van der Waals surface area contributed by atoms with Gasteiger partial charge in [0.25, 0.3) is 5.84 Å². The SMILES string of the molecule is CC1=NC(C)C2=[N+]1CCCC2. The molecule has 2 aliphatic heterocycles. The lowest BCUT2D eigenvalue weighted by Gasteiger charge is -2.11. The van der Waals surface area contributed by atoms with Crippen molar-refractivity contribution in [1.82, 2.24) is 0 Å². The van der Waals surface area contributed by atoms with Gasteiger partial charge in [-0.2, -0.15) is 0 Å². The van der Waals surface area contributed by atoms with E-state index < -0.39 is 0 Å². The van der Waals surface area contributed by atoms with Gasteiger partial charge >= 0.3 is 0 Å². The molecule has 0 amide bonds. The Morgan fingerprint density at radius 1 is 1.45 bits per heavy atom. The van der Waals surface area contributed by atoms with Crippen LogP contribution >= 0.6 is 0 Å². The quantitative estimate of drug-likeness (QED) is 0.466. The van der Waals surface area contributed by atoms with Crippen molar-refractivity contribution in [3.63, 3.8) is 0 Å². The van der Waals surface area contributed by atoms with E-state index in [2.05, 4.69) is 23.4 Å². The Balaban J connectivity index is 2.34. The molecule has 60 valence electrons. The number of hydrogen-bond donors (Lipinski definition) is 0. The van der Waals surface area contributed by atoms with Gasteiger partial charge < -0.3 is 0 Å². The summed E-state index contributed by atoms with van der Waals surface area (Å²) in [7, 11) is 0. The number of amidine groups is 1. The summed E-state index contributed by atoms with van der Waals surface area (Å²) in [5.41, 5.74) is 1.55. The lowest BCUT2D eigenvalue weighted by molar-refractivity contribution is -0.413. The van der Waals surface area contributed by atoms with Gasteiger partial charge in [0, 0.05) is 13.3 Å². The molecule has 11 heavy (non-hydrogen) atoms. The molecular formula is C9H15N2+. The third kappa shape index (κ3) is 1.01. The van der Waals surface area contributed by atoms with Gasteiger partial charge in [-0.25, -0.2) is 4.58 Å². The molecule has 1 atom stereocenters. The van der Waals surface area contributed by atoms with Crippen LogP contribution in [0.15, 0.2) is 4.99 Å². The van der Waals surface area contributed by atoms with Gasteiger partial charge in [0.1, 0.15) is 5.71 Å². The summed E-state index contributed by atoms with van der Waals surface area (Å²) in [6.45, 7) is 5.52. The third-order valence-corrected chi connectivity index (χ3v) is 2.66. The van der Waals surface area contributed by atoms with E-state index in [0.717, 1.165) is 0 Å². The number of hydrogen-bond acceptors (Lipinski definition) is 1. The van der Waals surface area contributed by atoms with Crippen LogP contribution in [0.1, 0.15) is 33.1 Å². The highest BCUT2D eigenvalue weighted by Crippen LogP contribution is 2.16. The summed E-state index contributed by atoms with van der Waals surface area (Å²) in [5, 5.41) is 0. The van der Waals surface area contributed by atoms with Gasteiger partial charge in [-0.3, -0.25) is 0 Å². The molecule has 0 fully saturated rings. The normalized spacial score (nSPS) is 30.4. The van der Waals surface area contributed by atoms with Crippen molar-refractivity contribution < 1.29 is 4.58 Å². The number of nitrogens with zero attached hydrogens (tertiary/aromatic N) is 2. The van der Waals surface area contributed by atoms with Crippen LogP contribution in [0.25, 0.3) is 0 Å². The summed E-state index contributed by atoms with van der Waals surface area (Å²) in [4.78, 5) is 4.54. The largest absolute Gasteiger partial charge is 0.290 e. The van der Waals surface area contributed by atoms with E-state index in [4.69, 9.17) is 0 Å². The van der Waals surface area contributed by atoms with Crippen LogP contribution in [0.4, 0.5) is 0 Å². The second-order valence-electron chi connectivity index (χ2n) is 3.45. The molecule has 0 bridgehead atoms. The molecule has 0 spiro atoms. The lowest BCUT2D eigenvalue weighted by atomic mass is 10.0. The van der Waals surface area contributed by atoms with Crippen LogP contribution in [0.2, 0.25) is 0 Å². The average Bonchev–Trinajstić information content (AvgIpc) is 2.30. The van der Waals surface area contributed by atoms with E-state index in [1.165, 1.54) is 31.6 Å². The van der Waals surface area contributed by atoms with Crippen molar-refractivity contribution in [2.75, 3.05) is 6.54 Å². The maximum Gasteiger partial charge on any atom is 0.290 e. The average molecular weight is 151 g/mol. The fourth-order valence-electron chi connectivity index (χ4n) is 2.08. The summed E-state index contributed by atoms with van der Waals surface area (Å²) in [5.74, 6) is 1.23. The van der Waals surface area contributed by atoms with Crippen LogP contribution in [-0.4, -0.2) is 28.7 Å². The van der Waals surface area contributed by atoms with Gasteiger partial charge in [-0.05, 0) is 19.8 Å². The fraction of sp³-hybridized carbons (Fsp3) is 0.778. The van der Waals surface area contributed by atoms with E-state index in [1.807, 2.05) is 0 Å². The first kappa shape index (κ1) is 7.01. The Morgan fingerprint density at radius 2 is 2.27 bits per heavy atom. The monoisotopic (exact) mass is 151 g/mol. The topological polar surface area (TPSA) is 15.4 Å². The Bertz CT molecular complexity index is 238. The van der Waals surface area contributed by atoms with Gasteiger partial charge in [0.05, 0.1) is 6.54 Å². The van der Waals surface area contributed by atoms with Gasteiger partial charge in [0.2, 0.25) is 0 Å². The maximum absolute atomic E-state index is 4.54. The summed E-state index contributed by atoms with van der Waals surface area (Å²) in [6.07, 6.45) is 3.96. The fourth-order valence-corrected chi connectivity index (χ4v) is 2.08. The minimum atomic E-state index is 0.468. The standard InChI is InChI=1S/C9H15N2/c1-7-9-5-3-4-6-11(9)8(2)10-7/h7H,3-6H2,1-2H3/q+1. The molecule has 2 aliphatic rings. The summed E-state index contributed by atoms with van der Waals surface area (Å²) >= 11 is 0. The predicted molar refractivity (Wildman–Crippen MR) is 46.6 cm³/mol. The zero-order valence-electron chi connectivity index (χ0n) is 7.30. The minimum absolute atomic E-state index is 0.468. The summed E-state index contributed by atoms with van der Waals surface area (Å²) in [6, 6.07) is 0.468. The molecule has 0 saturated carbocycles. The smallest absolute Gasteiger partial charge is 0.232 e. The molecule has 0 aliphatic carbocycles. The van der Waals surface area contributed by atoms with E-state index >= 15 is 0 Å². The zero-order valence-corrected chi connectivity index (χ0v) is 7.30.